The van der Waals surface area contributed by atoms with E-state index in [2.05, 4.69) is 15.2 Å². The van der Waals surface area contributed by atoms with E-state index in [0.717, 1.165) is 10.6 Å². The van der Waals surface area contributed by atoms with Crippen LogP contribution in [0.1, 0.15) is 5.56 Å². The van der Waals surface area contributed by atoms with Gasteiger partial charge >= 0.3 is 6.18 Å². The quantitative estimate of drug-likeness (QED) is 0.402. The highest BCUT2D eigenvalue weighted by Crippen LogP contribution is 2.35. The molecule has 3 heterocycles. The number of alkyl halides is 3. The van der Waals surface area contributed by atoms with Crippen LogP contribution < -0.4 is 5.56 Å². The number of H-pyrrole nitrogens is 1. The second-order valence-electron chi connectivity index (χ2n) is 6.88. The number of rotatable bonds is 2. The minimum Gasteiger partial charge on any atom is -0.277 e. The molecule has 5 rings (SSSR count). The largest absolute Gasteiger partial charge is 0.418 e. The third-order valence-electron chi connectivity index (χ3n) is 5.07. The summed E-state index contributed by atoms with van der Waals surface area (Å²) in [4.78, 5) is 17.5. The Morgan fingerprint density at radius 2 is 1.68 bits per heavy atom. The highest BCUT2D eigenvalue weighted by atomic mass is 19.4. The van der Waals surface area contributed by atoms with Crippen LogP contribution in [0.25, 0.3) is 38.8 Å². The lowest BCUT2D eigenvalue weighted by Gasteiger charge is -2.17. The maximum atomic E-state index is 14.3. The second-order valence-corrected chi connectivity index (χ2v) is 6.88. The summed E-state index contributed by atoms with van der Waals surface area (Å²) in [5, 5.41) is 7.06. The first-order chi connectivity index (χ1) is 14.9. The van der Waals surface area contributed by atoms with E-state index in [4.69, 9.17) is 0 Å². The normalized spacial score (nSPS) is 12.0. The zero-order valence-corrected chi connectivity index (χ0v) is 15.6. The molecule has 31 heavy (non-hydrogen) atoms. The molecule has 0 saturated heterocycles. The van der Waals surface area contributed by atoms with Gasteiger partial charge in [-0.1, -0.05) is 24.3 Å². The predicted molar refractivity (Wildman–Crippen MR) is 107 cm³/mol. The van der Waals surface area contributed by atoms with Crippen molar-refractivity contribution in [3.8, 4) is 16.9 Å². The fourth-order valence-corrected chi connectivity index (χ4v) is 3.67. The van der Waals surface area contributed by atoms with Crippen molar-refractivity contribution in [2.75, 3.05) is 0 Å². The molecule has 5 nitrogen and oxygen atoms in total. The lowest BCUT2D eigenvalue weighted by Crippen LogP contribution is -2.22. The second kappa shape index (κ2) is 6.76. The van der Waals surface area contributed by atoms with Crippen molar-refractivity contribution in [1.82, 2.24) is 19.7 Å². The molecule has 2 aromatic carbocycles. The molecule has 1 N–H and O–H groups in total. The SMILES string of the molecule is O=c1c2cn[nH]c2c2cnc(-c3ccccc3F)cc2n1-c1ccccc1C(F)(F)F. The van der Waals surface area contributed by atoms with Gasteiger partial charge in [-0.3, -0.25) is 19.4 Å². The number of aromatic nitrogens is 4. The first-order valence-corrected chi connectivity index (χ1v) is 9.15. The van der Waals surface area contributed by atoms with Crippen LogP contribution in [0.3, 0.4) is 0 Å². The van der Waals surface area contributed by atoms with Gasteiger partial charge in [0.05, 0.1) is 39.6 Å². The Morgan fingerprint density at radius 3 is 2.45 bits per heavy atom. The fraction of sp³-hybridized carbons (Fsp3) is 0.0455. The molecule has 0 fully saturated rings. The van der Waals surface area contributed by atoms with Crippen molar-refractivity contribution < 1.29 is 17.6 Å². The lowest BCUT2D eigenvalue weighted by atomic mass is 10.1. The first kappa shape index (κ1) is 19.0. The van der Waals surface area contributed by atoms with E-state index < -0.39 is 23.1 Å². The molecule has 0 atom stereocenters. The standard InChI is InChI=1S/C22H12F4N4O/c23-16-7-3-1-5-12(16)17-9-19-13(10-27-17)20-14(11-28-29-20)21(31)30(19)18-8-4-2-6-15(18)22(24,25)26/h1-11H,(H,28,29). The molecule has 3 aromatic heterocycles. The number of pyridine rings is 2. The number of para-hydroxylation sites is 1. The number of fused-ring (bicyclic) bond motifs is 3. The molecule has 0 amide bonds. The average molecular weight is 424 g/mol. The molecular formula is C22H12F4N4O. The van der Waals surface area contributed by atoms with Gasteiger partial charge in [-0.25, -0.2) is 4.39 Å². The summed E-state index contributed by atoms with van der Waals surface area (Å²) in [6.45, 7) is 0. The van der Waals surface area contributed by atoms with Crippen LogP contribution in [0, 0.1) is 5.82 Å². The van der Waals surface area contributed by atoms with Crippen LogP contribution in [-0.2, 0) is 6.18 Å². The van der Waals surface area contributed by atoms with Crippen molar-refractivity contribution in [2.45, 2.75) is 6.18 Å². The van der Waals surface area contributed by atoms with E-state index in [1.54, 1.807) is 6.07 Å². The van der Waals surface area contributed by atoms with Crippen molar-refractivity contribution in [3.05, 3.63) is 88.7 Å². The Bertz CT molecular complexity index is 1520. The number of hydrogen-bond acceptors (Lipinski definition) is 3. The third-order valence-corrected chi connectivity index (χ3v) is 5.07. The van der Waals surface area contributed by atoms with Gasteiger partial charge in [0.2, 0.25) is 0 Å². The highest BCUT2D eigenvalue weighted by molar-refractivity contribution is 6.04. The smallest absolute Gasteiger partial charge is 0.277 e. The van der Waals surface area contributed by atoms with E-state index in [-0.39, 0.29) is 27.8 Å². The topological polar surface area (TPSA) is 63.6 Å². The molecule has 0 radical (unpaired) electrons. The summed E-state index contributed by atoms with van der Waals surface area (Å²) in [7, 11) is 0. The number of hydrogen-bond donors (Lipinski definition) is 1. The zero-order chi connectivity index (χ0) is 21.8. The summed E-state index contributed by atoms with van der Waals surface area (Å²) in [5.74, 6) is -0.540. The Kier molecular flexibility index (Phi) is 4.14. The summed E-state index contributed by atoms with van der Waals surface area (Å²) in [5.41, 5.74) is -1.15. The highest BCUT2D eigenvalue weighted by Gasteiger charge is 2.34. The molecule has 0 spiro atoms. The molecule has 9 heteroatoms. The molecule has 0 unspecified atom stereocenters. The van der Waals surface area contributed by atoms with Crippen LogP contribution in [0.5, 0.6) is 0 Å². The average Bonchev–Trinajstić information content (AvgIpc) is 3.24. The zero-order valence-electron chi connectivity index (χ0n) is 15.6. The van der Waals surface area contributed by atoms with Gasteiger partial charge in [0.1, 0.15) is 5.82 Å². The van der Waals surface area contributed by atoms with E-state index in [1.165, 1.54) is 54.9 Å². The number of nitrogens with zero attached hydrogens (tertiary/aromatic N) is 3. The summed E-state index contributed by atoms with van der Waals surface area (Å²) < 4.78 is 56.5. The van der Waals surface area contributed by atoms with Crippen molar-refractivity contribution in [1.29, 1.82) is 0 Å². The molecule has 0 saturated carbocycles. The van der Waals surface area contributed by atoms with E-state index in [0.29, 0.717) is 10.9 Å². The van der Waals surface area contributed by atoms with Gasteiger partial charge < -0.3 is 0 Å². The molecule has 0 aliphatic heterocycles. The monoisotopic (exact) mass is 424 g/mol. The van der Waals surface area contributed by atoms with Gasteiger partial charge in [-0.15, -0.1) is 0 Å². The number of benzene rings is 2. The van der Waals surface area contributed by atoms with E-state index >= 15 is 0 Å². The van der Waals surface area contributed by atoms with Gasteiger partial charge in [0.25, 0.3) is 5.56 Å². The van der Waals surface area contributed by atoms with Gasteiger partial charge in [-0.05, 0) is 30.3 Å². The van der Waals surface area contributed by atoms with Gasteiger partial charge in [-0.2, -0.15) is 18.3 Å². The van der Waals surface area contributed by atoms with Crippen molar-refractivity contribution >= 4 is 21.8 Å². The number of halogens is 4. The molecule has 0 bridgehead atoms. The molecule has 5 aromatic rings. The van der Waals surface area contributed by atoms with E-state index in [1.807, 2.05) is 0 Å². The third kappa shape index (κ3) is 2.97. The Morgan fingerprint density at radius 1 is 0.935 bits per heavy atom. The Labute approximate surface area is 171 Å². The van der Waals surface area contributed by atoms with Crippen LogP contribution in [0.4, 0.5) is 17.6 Å². The summed E-state index contributed by atoms with van der Waals surface area (Å²) in [6.07, 6.45) is -2.03. The summed E-state index contributed by atoms with van der Waals surface area (Å²) in [6, 6.07) is 12.1. The van der Waals surface area contributed by atoms with Gasteiger partial charge in [0.15, 0.2) is 0 Å². The summed E-state index contributed by atoms with van der Waals surface area (Å²) >= 11 is 0. The number of aromatic amines is 1. The van der Waals surface area contributed by atoms with E-state index in [9.17, 15) is 22.4 Å². The Balaban J connectivity index is 1.94. The first-order valence-electron chi connectivity index (χ1n) is 9.15. The molecule has 154 valence electrons. The maximum Gasteiger partial charge on any atom is 0.418 e. The number of nitrogens with one attached hydrogen (secondary N) is 1. The minimum atomic E-state index is -4.69. The van der Waals surface area contributed by atoms with Crippen LogP contribution in [-0.4, -0.2) is 19.7 Å². The lowest BCUT2D eigenvalue weighted by molar-refractivity contribution is -0.137. The fourth-order valence-electron chi connectivity index (χ4n) is 3.67. The van der Waals surface area contributed by atoms with Crippen molar-refractivity contribution in [2.24, 2.45) is 0 Å². The van der Waals surface area contributed by atoms with Gasteiger partial charge in [0, 0.05) is 17.1 Å². The molecule has 0 aliphatic carbocycles. The van der Waals surface area contributed by atoms with Crippen LogP contribution in [0.15, 0.2) is 71.8 Å². The Hall–Kier alpha value is -4.01. The van der Waals surface area contributed by atoms with Crippen molar-refractivity contribution in [3.63, 3.8) is 0 Å². The van der Waals surface area contributed by atoms with Crippen LogP contribution >= 0.6 is 0 Å². The molecule has 0 aliphatic rings. The molecular weight excluding hydrogens is 412 g/mol. The minimum absolute atomic E-state index is 0.116. The maximum absolute atomic E-state index is 14.3. The van der Waals surface area contributed by atoms with Crippen LogP contribution in [0.2, 0.25) is 0 Å². The predicted octanol–water partition coefficient (Wildman–Crippen LogP) is 5.09.